The number of hydrogen-bond donors (Lipinski definition) is 1. The predicted octanol–water partition coefficient (Wildman–Crippen LogP) is 2.19. The summed E-state index contributed by atoms with van der Waals surface area (Å²) in [5.74, 6) is -1.82. The molecule has 2 N–H and O–H groups in total. The molecule has 154 valence electrons. The van der Waals surface area contributed by atoms with Crippen molar-refractivity contribution in [1.82, 2.24) is 4.90 Å². The van der Waals surface area contributed by atoms with Crippen molar-refractivity contribution < 1.29 is 23.0 Å². The average Bonchev–Trinajstić information content (AvgIpc) is 2.58. The minimum atomic E-state index is -0.722. The number of benzene rings is 1. The Hall–Kier alpha value is -1.64. The summed E-state index contributed by atoms with van der Waals surface area (Å²) in [6.07, 6.45) is 0. The van der Waals surface area contributed by atoms with E-state index in [4.69, 9.17) is 15.2 Å². The molecule has 1 atom stereocenters. The van der Waals surface area contributed by atoms with E-state index < -0.39 is 23.6 Å². The quantitative estimate of drug-likeness (QED) is 0.552. The van der Waals surface area contributed by atoms with Gasteiger partial charge in [0.1, 0.15) is 30.7 Å². The lowest BCUT2D eigenvalue weighted by Crippen LogP contribution is -2.49. The van der Waals surface area contributed by atoms with Crippen LogP contribution >= 0.6 is 12.4 Å². The second-order valence-corrected chi connectivity index (χ2v) is 6.66. The Labute approximate surface area is 165 Å². The summed E-state index contributed by atoms with van der Waals surface area (Å²) in [4.78, 5) is 15.2. The van der Waals surface area contributed by atoms with Crippen molar-refractivity contribution in [2.75, 3.05) is 44.3 Å². The smallest absolute Gasteiger partial charge is 0.322 e. The molecule has 0 amide bonds. The molecule has 0 saturated carbocycles. The van der Waals surface area contributed by atoms with Gasteiger partial charge in [-0.3, -0.25) is 9.69 Å². The number of nitrogens with zero attached hydrogens (tertiary/aromatic N) is 2. The van der Waals surface area contributed by atoms with Crippen LogP contribution in [0.5, 0.6) is 5.75 Å². The molecule has 1 aliphatic heterocycles. The predicted molar refractivity (Wildman–Crippen MR) is 103 cm³/mol. The van der Waals surface area contributed by atoms with E-state index in [1.54, 1.807) is 4.90 Å². The fraction of sp³-hybridized carbons (Fsp3) is 0.611. The standard InChI is InChI=1S/C18H27F2N3O3.ClH/c1-12(2)22-4-6-23(7-5-22)17-15(19)10-14(11-16(17)20)25-8-9-26-18(24)13(3)21;/h10-13H,4-9,21H2,1-3H3;1H/t13-;/m0./s1. The van der Waals surface area contributed by atoms with E-state index in [1.165, 1.54) is 6.92 Å². The third-order valence-corrected chi connectivity index (χ3v) is 4.32. The normalized spacial score (nSPS) is 16.0. The highest BCUT2D eigenvalue weighted by molar-refractivity contribution is 5.85. The lowest BCUT2D eigenvalue weighted by molar-refractivity contribution is -0.145. The zero-order valence-electron chi connectivity index (χ0n) is 15.9. The van der Waals surface area contributed by atoms with Crippen molar-refractivity contribution in [1.29, 1.82) is 0 Å². The Morgan fingerprint density at radius 1 is 1.11 bits per heavy atom. The summed E-state index contributed by atoms with van der Waals surface area (Å²) in [6.45, 7) is 8.33. The molecule has 0 unspecified atom stereocenters. The van der Waals surface area contributed by atoms with E-state index in [0.29, 0.717) is 19.1 Å². The molecule has 1 aliphatic rings. The van der Waals surface area contributed by atoms with E-state index >= 15 is 0 Å². The van der Waals surface area contributed by atoms with Gasteiger partial charge in [0, 0.05) is 44.4 Å². The molecule has 0 aliphatic carbocycles. The van der Waals surface area contributed by atoms with Crippen LogP contribution in [0.15, 0.2) is 12.1 Å². The Balaban J connectivity index is 0.00000364. The van der Waals surface area contributed by atoms with Gasteiger partial charge in [0.25, 0.3) is 0 Å². The maximum absolute atomic E-state index is 14.4. The van der Waals surface area contributed by atoms with E-state index in [0.717, 1.165) is 25.2 Å². The first kappa shape index (κ1) is 23.4. The van der Waals surface area contributed by atoms with Crippen molar-refractivity contribution in [3.05, 3.63) is 23.8 Å². The van der Waals surface area contributed by atoms with Gasteiger partial charge in [-0.05, 0) is 20.8 Å². The van der Waals surface area contributed by atoms with Crippen LogP contribution in [0.1, 0.15) is 20.8 Å². The van der Waals surface area contributed by atoms with Crippen molar-refractivity contribution >= 4 is 24.1 Å². The number of carbonyl (C=O) groups excluding carboxylic acids is 1. The van der Waals surface area contributed by atoms with E-state index in [2.05, 4.69) is 18.7 Å². The van der Waals surface area contributed by atoms with Crippen LogP contribution < -0.4 is 15.4 Å². The van der Waals surface area contributed by atoms with E-state index in [-0.39, 0.29) is 37.1 Å². The Morgan fingerprint density at radius 2 is 1.67 bits per heavy atom. The highest BCUT2D eigenvalue weighted by Crippen LogP contribution is 2.29. The van der Waals surface area contributed by atoms with Gasteiger partial charge in [-0.25, -0.2) is 8.78 Å². The van der Waals surface area contributed by atoms with Crippen molar-refractivity contribution in [2.45, 2.75) is 32.9 Å². The van der Waals surface area contributed by atoms with E-state index in [1.807, 2.05) is 0 Å². The molecule has 27 heavy (non-hydrogen) atoms. The maximum atomic E-state index is 14.4. The number of nitrogens with two attached hydrogens (primary N) is 1. The number of piperazine rings is 1. The second-order valence-electron chi connectivity index (χ2n) is 6.66. The Kier molecular flexibility index (Phi) is 9.21. The van der Waals surface area contributed by atoms with Gasteiger partial charge in [0.2, 0.25) is 0 Å². The van der Waals surface area contributed by atoms with Crippen LogP contribution in [-0.2, 0) is 9.53 Å². The highest BCUT2D eigenvalue weighted by Gasteiger charge is 2.24. The molecule has 0 radical (unpaired) electrons. The molecular formula is C18H28ClF2N3O3. The molecule has 1 aromatic carbocycles. The number of hydrogen-bond acceptors (Lipinski definition) is 6. The van der Waals surface area contributed by atoms with Gasteiger partial charge in [-0.2, -0.15) is 0 Å². The number of halogens is 3. The van der Waals surface area contributed by atoms with Crippen LogP contribution in [0.3, 0.4) is 0 Å². The molecule has 1 aromatic rings. The summed E-state index contributed by atoms with van der Waals surface area (Å²) < 4.78 is 38.9. The number of esters is 1. The molecule has 1 fully saturated rings. The minimum absolute atomic E-state index is 0. The Morgan fingerprint density at radius 3 is 2.15 bits per heavy atom. The fourth-order valence-corrected chi connectivity index (χ4v) is 2.82. The largest absolute Gasteiger partial charge is 0.490 e. The van der Waals surface area contributed by atoms with Crippen molar-refractivity contribution in [3.8, 4) is 5.75 Å². The number of rotatable bonds is 7. The lowest BCUT2D eigenvalue weighted by Gasteiger charge is -2.38. The first-order valence-corrected chi connectivity index (χ1v) is 8.82. The molecule has 9 heteroatoms. The number of carbonyl (C=O) groups is 1. The molecular weight excluding hydrogens is 380 g/mol. The second kappa shape index (κ2) is 10.6. The fourth-order valence-electron chi connectivity index (χ4n) is 2.82. The Bertz CT molecular complexity index is 601. The van der Waals surface area contributed by atoms with Gasteiger partial charge in [0.15, 0.2) is 11.6 Å². The van der Waals surface area contributed by atoms with Gasteiger partial charge in [0.05, 0.1) is 0 Å². The topological polar surface area (TPSA) is 68.0 Å². The zero-order chi connectivity index (χ0) is 19.3. The molecule has 2 rings (SSSR count). The zero-order valence-corrected chi connectivity index (χ0v) is 16.7. The van der Waals surface area contributed by atoms with Gasteiger partial charge in [-0.15, -0.1) is 12.4 Å². The minimum Gasteiger partial charge on any atom is -0.490 e. The van der Waals surface area contributed by atoms with Crippen LogP contribution in [0.4, 0.5) is 14.5 Å². The molecule has 6 nitrogen and oxygen atoms in total. The summed E-state index contributed by atoms with van der Waals surface area (Å²) >= 11 is 0. The maximum Gasteiger partial charge on any atom is 0.322 e. The first-order valence-electron chi connectivity index (χ1n) is 8.82. The molecule has 0 spiro atoms. The number of anilines is 1. The summed E-state index contributed by atoms with van der Waals surface area (Å²) in [7, 11) is 0. The lowest BCUT2D eigenvalue weighted by atomic mass is 10.2. The molecule has 1 heterocycles. The highest BCUT2D eigenvalue weighted by atomic mass is 35.5. The summed E-state index contributed by atoms with van der Waals surface area (Å²) in [5, 5.41) is 0. The third-order valence-electron chi connectivity index (χ3n) is 4.32. The van der Waals surface area contributed by atoms with Crippen LogP contribution in [-0.4, -0.2) is 62.3 Å². The van der Waals surface area contributed by atoms with Gasteiger partial charge in [-0.1, -0.05) is 0 Å². The van der Waals surface area contributed by atoms with E-state index in [9.17, 15) is 13.6 Å². The van der Waals surface area contributed by atoms with Crippen LogP contribution in [0.25, 0.3) is 0 Å². The third kappa shape index (κ3) is 6.48. The molecule has 1 saturated heterocycles. The average molecular weight is 408 g/mol. The number of ether oxygens (including phenoxy) is 2. The van der Waals surface area contributed by atoms with Crippen molar-refractivity contribution in [3.63, 3.8) is 0 Å². The summed E-state index contributed by atoms with van der Waals surface area (Å²) in [6, 6.07) is 2.00. The SMILES string of the molecule is CC(C)N1CCN(c2c(F)cc(OCCOC(=O)[C@H](C)N)cc2F)CC1.Cl. The monoisotopic (exact) mass is 407 g/mol. The van der Waals surface area contributed by atoms with Gasteiger partial charge < -0.3 is 20.1 Å². The summed E-state index contributed by atoms with van der Waals surface area (Å²) in [5.41, 5.74) is 5.34. The van der Waals surface area contributed by atoms with Gasteiger partial charge >= 0.3 is 5.97 Å². The molecule has 0 bridgehead atoms. The molecule has 0 aromatic heterocycles. The first-order chi connectivity index (χ1) is 12.3. The van der Waals surface area contributed by atoms with Crippen LogP contribution in [0.2, 0.25) is 0 Å². The van der Waals surface area contributed by atoms with Crippen molar-refractivity contribution in [2.24, 2.45) is 5.73 Å². The van der Waals surface area contributed by atoms with Crippen LogP contribution in [0, 0.1) is 11.6 Å².